The van der Waals surface area contributed by atoms with E-state index in [4.69, 9.17) is 5.73 Å². The highest BCUT2D eigenvalue weighted by Crippen LogP contribution is 2.33. The predicted molar refractivity (Wildman–Crippen MR) is 132 cm³/mol. The van der Waals surface area contributed by atoms with Crippen LogP contribution in [0.3, 0.4) is 0 Å². The van der Waals surface area contributed by atoms with Gasteiger partial charge in [-0.2, -0.15) is 0 Å². The molecule has 1 aliphatic rings. The molecule has 2 aromatic heterocycles. The normalized spacial score (nSPS) is 14.1. The van der Waals surface area contributed by atoms with Crippen LogP contribution in [0.4, 0.5) is 37.6 Å². The standard InChI is InChI=1S/C23H24F2N8O3/c1-31-10-11-32(21(34)13-31)17-4-6-19(29-22(17)15-3-2-14(24)12-16(15)25)27-8-9-28-20-7-5-18(33(35)36)23(26)30-20/h2-7,12H,8-11,13H2,1H3,(H,27,29)(H3,26,28,30). The average molecular weight is 498 g/mol. The lowest BCUT2D eigenvalue weighted by molar-refractivity contribution is -0.384. The van der Waals surface area contributed by atoms with Crippen LogP contribution in [0.2, 0.25) is 0 Å². The van der Waals surface area contributed by atoms with Crippen LogP contribution in [0.1, 0.15) is 0 Å². The summed E-state index contributed by atoms with van der Waals surface area (Å²) in [7, 11) is 1.84. The van der Waals surface area contributed by atoms with Gasteiger partial charge in [-0.05, 0) is 37.4 Å². The number of benzene rings is 1. The van der Waals surface area contributed by atoms with Crippen LogP contribution in [0.25, 0.3) is 11.3 Å². The number of anilines is 4. The highest BCUT2D eigenvalue weighted by atomic mass is 19.1. The Morgan fingerprint density at radius 3 is 2.39 bits per heavy atom. The molecule has 0 unspecified atom stereocenters. The van der Waals surface area contributed by atoms with Gasteiger partial charge in [0.2, 0.25) is 11.7 Å². The lowest BCUT2D eigenvalue weighted by atomic mass is 10.1. The molecule has 0 bridgehead atoms. The van der Waals surface area contributed by atoms with Gasteiger partial charge in [0.25, 0.3) is 0 Å². The second-order valence-electron chi connectivity index (χ2n) is 8.18. The summed E-state index contributed by atoms with van der Waals surface area (Å²) in [5, 5.41) is 17.0. The monoisotopic (exact) mass is 498 g/mol. The van der Waals surface area contributed by atoms with Gasteiger partial charge in [0.05, 0.1) is 22.8 Å². The van der Waals surface area contributed by atoms with E-state index in [1.807, 2.05) is 11.9 Å². The van der Waals surface area contributed by atoms with Gasteiger partial charge in [0, 0.05) is 43.9 Å². The number of piperazine rings is 1. The number of nitrogens with one attached hydrogen (secondary N) is 2. The number of aromatic nitrogens is 2. The fourth-order valence-electron chi connectivity index (χ4n) is 3.79. The van der Waals surface area contributed by atoms with Gasteiger partial charge in [0.15, 0.2) is 0 Å². The zero-order valence-corrected chi connectivity index (χ0v) is 19.4. The Balaban J connectivity index is 1.51. The number of halogens is 2. The van der Waals surface area contributed by atoms with E-state index in [0.717, 1.165) is 12.1 Å². The number of nitro groups is 1. The summed E-state index contributed by atoms with van der Waals surface area (Å²) in [6.07, 6.45) is 0. The smallest absolute Gasteiger partial charge is 0.311 e. The molecule has 0 radical (unpaired) electrons. The zero-order valence-electron chi connectivity index (χ0n) is 19.4. The lowest BCUT2D eigenvalue weighted by Gasteiger charge is -2.33. The van der Waals surface area contributed by atoms with Gasteiger partial charge in [-0.15, -0.1) is 0 Å². The van der Waals surface area contributed by atoms with Crippen molar-refractivity contribution in [1.82, 2.24) is 14.9 Å². The highest BCUT2D eigenvalue weighted by Gasteiger charge is 2.27. The van der Waals surface area contributed by atoms with Gasteiger partial charge in [-0.1, -0.05) is 0 Å². The van der Waals surface area contributed by atoms with E-state index >= 15 is 0 Å². The first-order valence-corrected chi connectivity index (χ1v) is 11.1. The molecular weight excluding hydrogens is 474 g/mol. The number of carbonyl (C=O) groups excluding carboxylic acids is 1. The fourth-order valence-corrected chi connectivity index (χ4v) is 3.79. The Bertz CT molecular complexity index is 1310. The number of nitrogens with two attached hydrogens (primary N) is 1. The summed E-state index contributed by atoms with van der Waals surface area (Å²) in [5.41, 5.74) is 6.05. The van der Waals surface area contributed by atoms with Crippen LogP contribution < -0.4 is 21.3 Å². The van der Waals surface area contributed by atoms with Crippen LogP contribution in [0, 0.1) is 21.7 Å². The van der Waals surface area contributed by atoms with Crippen molar-refractivity contribution in [3.63, 3.8) is 0 Å². The van der Waals surface area contributed by atoms with Crippen LogP contribution in [0.15, 0.2) is 42.5 Å². The number of amides is 1. The SMILES string of the molecule is CN1CCN(c2ccc(NCCNc3ccc([N+](=O)[O-])c(N)n3)nc2-c2ccc(F)cc2F)C(=O)C1. The second-order valence-corrected chi connectivity index (χ2v) is 8.18. The highest BCUT2D eigenvalue weighted by molar-refractivity contribution is 5.99. The molecule has 4 rings (SSSR count). The quantitative estimate of drug-likeness (QED) is 0.243. The Labute approximate surface area is 205 Å². The minimum Gasteiger partial charge on any atom is -0.378 e. The number of hydrogen-bond acceptors (Lipinski definition) is 9. The van der Waals surface area contributed by atoms with E-state index in [1.54, 1.807) is 17.0 Å². The Hall–Kier alpha value is -4.39. The fraction of sp³-hybridized carbons (Fsp3) is 0.261. The van der Waals surface area contributed by atoms with E-state index in [1.165, 1.54) is 18.2 Å². The topological polar surface area (TPSA) is 143 Å². The van der Waals surface area contributed by atoms with Gasteiger partial charge in [-0.3, -0.25) is 19.8 Å². The largest absolute Gasteiger partial charge is 0.378 e. The van der Waals surface area contributed by atoms with E-state index in [9.17, 15) is 23.7 Å². The maximum atomic E-state index is 14.7. The number of carbonyl (C=O) groups is 1. The number of pyridine rings is 2. The molecule has 0 atom stereocenters. The first-order chi connectivity index (χ1) is 17.2. The Morgan fingerprint density at radius 2 is 1.75 bits per heavy atom. The van der Waals surface area contributed by atoms with Crippen molar-refractivity contribution < 1.29 is 18.5 Å². The summed E-state index contributed by atoms with van der Waals surface area (Å²) in [6.45, 7) is 2.01. The minimum absolute atomic E-state index is 0.0745. The molecule has 188 valence electrons. The predicted octanol–water partition coefficient (Wildman–Crippen LogP) is 2.71. The summed E-state index contributed by atoms with van der Waals surface area (Å²) in [5.74, 6) is -1.06. The Morgan fingerprint density at radius 1 is 1.06 bits per heavy atom. The number of nitrogen functional groups attached to an aromatic ring is 1. The molecule has 0 spiro atoms. The van der Waals surface area contributed by atoms with Gasteiger partial charge < -0.3 is 21.3 Å². The second kappa shape index (κ2) is 10.5. The van der Waals surface area contributed by atoms with Crippen molar-refractivity contribution in [3.8, 4) is 11.3 Å². The summed E-state index contributed by atoms with van der Waals surface area (Å²) >= 11 is 0. The summed E-state index contributed by atoms with van der Waals surface area (Å²) < 4.78 is 28.2. The van der Waals surface area contributed by atoms with Crippen molar-refractivity contribution in [2.24, 2.45) is 0 Å². The number of rotatable bonds is 8. The molecule has 1 aromatic carbocycles. The molecule has 1 aliphatic heterocycles. The third-order valence-electron chi connectivity index (χ3n) is 5.60. The van der Waals surface area contributed by atoms with E-state index < -0.39 is 16.6 Å². The molecule has 11 nitrogen and oxygen atoms in total. The first-order valence-electron chi connectivity index (χ1n) is 11.1. The maximum absolute atomic E-state index is 14.7. The van der Waals surface area contributed by atoms with Crippen molar-refractivity contribution in [2.45, 2.75) is 0 Å². The van der Waals surface area contributed by atoms with Crippen molar-refractivity contribution >= 4 is 34.7 Å². The average Bonchev–Trinajstić information content (AvgIpc) is 2.82. The number of hydrogen-bond donors (Lipinski definition) is 3. The lowest BCUT2D eigenvalue weighted by Crippen LogP contribution is -2.49. The zero-order chi connectivity index (χ0) is 25.8. The van der Waals surface area contributed by atoms with Crippen molar-refractivity contribution in [3.05, 3.63) is 64.2 Å². The third-order valence-corrected chi connectivity index (χ3v) is 5.60. The van der Waals surface area contributed by atoms with Crippen LogP contribution in [-0.4, -0.2) is 65.5 Å². The number of likely N-dealkylation sites (N-methyl/N-ethyl adjacent to an activating group) is 1. The molecule has 36 heavy (non-hydrogen) atoms. The van der Waals surface area contributed by atoms with Gasteiger partial charge in [0.1, 0.15) is 23.3 Å². The number of nitrogens with zero attached hydrogens (tertiary/aromatic N) is 5. The molecule has 0 aliphatic carbocycles. The molecule has 1 amide bonds. The molecule has 0 saturated carbocycles. The van der Waals surface area contributed by atoms with E-state index in [2.05, 4.69) is 20.6 Å². The van der Waals surface area contributed by atoms with Crippen molar-refractivity contribution in [1.29, 1.82) is 0 Å². The van der Waals surface area contributed by atoms with Gasteiger partial charge in [-0.25, -0.2) is 18.7 Å². The molecule has 3 aromatic rings. The molecule has 4 N–H and O–H groups in total. The van der Waals surface area contributed by atoms with Gasteiger partial charge >= 0.3 is 5.69 Å². The van der Waals surface area contributed by atoms with E-state index in [0.29, 0.717) is 43.5 Å². The first kappa shape index (κ1) is 24.7. The van der Waals surface area contributed by atoms with Crippen LogP contribution >= 0.6 is 0 Å². The summed E-state index contributed by atoms with van der Waals surface area (Å²) in [4.78, 5) is 34.8. The van der Waals surface area contributed by atoms with E-state index in [-0.39, 0.29) is 35.2 Å². The summed E-state index contributed by atoms with van der Waals surface area (Å²) in [6, 6.07) is 9.29. The van der Waals surface area contributed by atoms with Crippen LogP contribution in [0.5, 0.6) is 0 Å². The molecule has 1 fully saturated rings. The molecule has 13 heteroatoms. The molecule has 3 heterocycles. The third kappa shape index (κ3) is 5.46. The van der Waals surface area contributed by atoms with Crippen molar-refractivity contribution in [2.75, 3.05) is 61.0 Å². The Kier molecular flexibility index (Phi) is 7.20. The minimum atomic E-state index is -0.786. The van der Waals surface area contributed by atoms with Crippen LogP contribution in [-0.2, 0) is 4.79 Å². The molecule has 1 saturated heterocycles. The maximum Gasteiger partial charge on any atom is 0.311 e. The molecular formula is C23H24F2N8O3.